The lowest BCUT2D eigenvalue weighted by Crippen LogP contribution is -2.25. The molecule has 7 nitrogen and oxygen atoms in total. The van der Waals surface area contributed by atoms with Crippen LogP contribution < -0.4 is 10.6 Å². The summed E-state index contributed by atoms with van der Waals surface area (Å²) in [5.41, 5.74) is 1.84. The summed E-state index contributed by atoms with van der Waals surface area (Å²) < 4.78 is 5.50. The van der Waals surface area contributed by atoms with Crippen molar-refractivity contribution in [1.29, 1.82) is 0 Å². The zero-order chi connectivity index (χ0) is 18.4. The number of nitrogens with one attached hydrogen (secondary N) is 2. The Bertz CT molecular complexity index is 777. The second-order valence-corrected chi connectivity index (χ2v) is 5.50. The normalized spacial score (nSPS) is 10.3. The quantitative estimate of drug-likeness (QED) is 0.715. The van der Waals surface area contributed by atoms with Crippen molar-refractivity contribution in [2.75, 3.05) is 11.9 Å². The average Bonchev–Trinajstić information content (AvgIpc) is 2.96. The van der Waals surface area contributed by atoms with E-state index in [1.807, 2.05) is 13.8 Å². The standard InChI is InChI=1S/C18H20N2O5/c1-3-14-11(2)10-15(25-14)18(24)20-13-6-4-12(5-7-13)17(23)19-9-8-16(21)22/h4-7,10H,3,8-9H2,1-2H3,(H,19,23)(H,20,24)(H,21,22). The van der Waals surface area contributed by atoms with Crippen LogP contribution >= 0.6 is 0 Å². The second kappa shape index (κ2) is 8.14. The molecule has 0 saturated heterocycles. The maximum atomic E-state index is 12.2. The first-order valence-electron chi connectivity index (χ1n) is 7.91. The first-order valence-corrected chi connectivity index (χ1v) is 7.91. The molecule has 1 aromatic heterocycles. The number of hydrogen-bond donors (Lipinski definition) is 3. The van der Waals surface area contributed by atoms with Gasteiger partial charge in [0.2, 0.25) is 0 Å². The summed E-state index contributed by atoms with van der Waals surface area (Å²) in [4.78, 5) is 34.5. The minimum atomic E-state index is -0.974. The SMILES string of the molecule is CCc1oc(C(=O)Nc2ccc(C(=O)NCCC(=O)O)cc2)cc1C. The Balaban J connectivity index is 1.96. The Hall–Kier alpha value is -3.09. The van der Waals surface area contributed by atoms with Gasteiger partial charge in [0.1, 0.15) is 5.76 Å². The van der Waals surface area contributed by atoms with Crippen LogP contribution in [-0.4, -0.2) is 29.4 Å². The van der Waals surface area contributed by atoms with Crippen LogP contribution in [0.4, 0.5) is 5.69 Å². The number of benzene rings is 1. The summed E-state index contributed by atoms with van der Waals surface area (Å²) in [7, 11) is 0. The fourth-order valence-electron chi connectivity index (χ4n) is 2.27. The van der Waals surface area contributed by atoms with Gasteiger partial charge >= 0.3 is 5.97 Å². The summed E-state index contributed by atoms with van der Waals surface area (Å²) in [5.74, 6) is -0.684. The Morgan fingerprint density at radius 2 is 1.80 bits per heavy atom. The van der Waals surface area contributed by atoms with E-state index in [0.29, 0.717) is 17.7 Å². The van der Waals surface area contributed by atoms with Crippen molar-refractivity contribution in [1.82, 2.24) is 5.32 Å². The fraction of sp³-hybridized carbons (Fsp3) is 0.278. The molecule has 0 aliphatic rings. The van der Waals surface area contributed by atoms with Gasteiger partial charge in [-0.1, -0.05) is 6.92 Å². The molecule has 0 fully saturated rings. The van der Waals surface area contributed by atoms with E-state index in [0.717, 1.165) is 11.3 Å². The zero-order valence-electron chi connectivity index (χ0n) is 14.1. The number of furan rings is 1. The number of carboxylic acids is 1. The van der Waals surface area contributed by atoms with Gasteiger partial charge in [-0.15, -0.1) is 0 Å². The van der Waals surface area contributed by atoms with Crippen LogP contribution in [0, 0.1) is 6.92 Å². The highest BCUT2D eigenvalue weighted by atomic mass is 16.4. The van der Waals surface area contributed by atoms with Crippen LogP contribution in [0.2, 0.25) is 0 Å². The van der Waals surface area contributed by atoms with Gasteiger partial charge in [-0.2, -0.15) is 0 Å². The Morgan fingerprint density at radius 3 is 2.36 bits per heavy atom. The number of carboxylic acid groups (broad SMARTS) is 1. The molecule has 0 radical (unpaired) electrons. The summed E-state index contributed by atoms with van der Waals surface area (Å²) in [6.45, 7) is 3.90. The molecule has 1 aromatic carbocycles. The summed E-state index contributed by atoms with van der Waals surface area (Å²) in [5, 5.41) is 13.8. The van der Waals surface area contributed by atoms with Crippen molar-refractivity contribution in [3.05, 3.63) is 53.0 Å². The molecule has 2 amide bonds. The molecule has 0 saturated carbocycles. The van der Waals surface area contributed by atoms with Crippen LogP contribution in [0.25, 0.3) is 0 Å². The second-order valence-electron chi connectivity index (χ2n) is 5.50. The monoisotopic (exact) mass is 344 g/mol. The third kappa shape index (κ3) is 4.94. The van der Waals surface area contributed by atoms with Gasteiger partial charge in [-0.25, -0.2) is 0 Å². The lowest BCUT2D eigenvalue weighted by atomic mass is 10.2. The third-order valence-corrected chi connectivity index (χ3v) is 3.59. The third-order valence-electron chi connectivity index (χ3n) is 3.59. The first-order chi connectivity index (χ1) is 11.9. The molecule has 0 aliphatic heterocycles. The molecular weight excluding hydrogens is 324 g/mol. The Labute approximate surface area is 145 Å². The predicted molar refractivity (Wildman–Crippen MR) is 91.8 cm³/mol. The highest BCUT2D eigenvalue weighted by Gasteiger charge is 2.14. The van der Waals surface area contributed by atoms with Crippen molar-refractivity contribution in [2.45, 2.75) is 26.7 Å². The van der Waals surface area contributed by atoms with Gasteiger partial charge in [0.05, 0.1) is 6.42 Å². The topological polar surface area (TPSA) is 109 Å². The highest BCUT2D eigenvalue weighted by molar-refractivity contribution is 6.03. The zero-order valence-corrected chi connectivity index (χ0v) is 14.1. The van der Waals surface area contributed by atoms with Crippen LogP contribution in [0.15, 0.2) is 34.7 Å². The van der Waals surface area contributed by atoms with Crippen molar-refractivity contribution in [3.63, 3.8) is 0 Å². The van der Waals surface area contributed by atoms with Crippen LogP contribution in [0.5, 0.6) is 0 Å². The van der Waals surface area contributed by atoms with Crippen molar-refractivity contribution >= 4 is 23.5 Å². The van der Waals surface area contributed by atoms with Crippen molar-refractivity contribution in [3.8, 4) is 0 Å². The molecule has 1 heterocycles. The van der Waals surface area contributed by atoms with Crippen LogP contribution in [0.3, 0.4) is 0 Å². The minimum absolute atomic E-state index is 0.0598. The number of hydrogen-bond acceptors (Lipinski definition) is 4. The molecule has 25 heavy (non-hydrogen) atoms. The summed E-state index contributed by atoms with van der Waals surface area (Å²) in [6.07, 6.45) is 0.576. The largest absolute Gasteiger partial charge is 0.481 e. The molecule has 0 unspecified atom stereocenters. The summed E-state index contributed by atoms with van der Waals surface area (Å²) in [6, 6.07) is 7.99. The predicted octanol–water partition coefficient (Wildman–Crippen LogP) is 2.61. The average molecular weight is 344 g/mol. The summed E-state index contributed by atoms with van der Waals surface area (Å²) >= 11 is 0. The number of amides is 2. The molecule has 0 spiro atoms. The number of rotatable bonds is 7. The van der Waals surface area contributed by atoms with E-state index in [1.54, 1.807) is 30.3 Å². The van der Waals surface area contributed by atoms with Gasteiger partial charge in [0, 0.05) is 24.2 Å². The molecule has 0 aliphatic carbocycles. The molecule has 0 atom stereocenters. The van der Waals surface area contributed by atoms with E-state index in [4.69, 9.17) is 9.52 Å². The highest BCUT2D eigenvalue weighted by Crippen LogP contribution is 2.17. The smallest absolute Gasteiger partial charge is 0.305 e. The Morgan fingerprint density at radius 1 is 1.12 bits per heavy atom. The van der Waals surface area contributed by atoms with E-state index in [1.165, 1.54) is 0 Å². The number of aryl methyl sites for hydroxylation is 2. The van der Waals surface area contributed by atoms with E-state index in [9.17, 15) is 14.4 Å². The molecule has 0 bridgehead atoms. The lowest BCUT2D eigenvalue weighted by molar-refractivity contribution is -0.136. The van der Waals surface area contributed by atoms with Gasteiger partial charge < -0.3 is 20.2 Å². The number of carbonyl (C=O) groups is 3. The van der Waals surface area contributed by atoms with Crippen molar-refractivity contribution in [2.24, 2.45) is 0 Å². The van der Waals surface area contributed by atoms with Crippen LogP contribution in [-0.2, 0) is 11.2 Å². The van der Waals surface area contributed by atoms with Gasteiger partial charge in [0.15, 0.2) is 5.76 Å². The van der Waals surface area contributed by atoms with E-state index in [-0.39, 0.29) is 30.5 Å². The molecule has 3 N–H and O–H groups in total. The first kappa shape index (κ1) is 18.3. The van der Waals surface area contributed by atoms with E-state index in [2.05, 4.69) is 10.6 Å². The maximum absolute atomic E-state index is 12.2. The van der Waals surface area contributed by atoms with Gasteiger partial charge in [-0.05, 0) is 42.8 Å². The maximum Gasteiger partial charge on any atom is 0.305 e. The minimum Gasteiger partial charge on any atom is -0.481 e. The molecular formula is C18H20N2O5. The van der Waals surface area contributed by atoms with Gasteiger partial charge in [-0.3, -0.25) is 14.4 Å². The van der Waals surface area contributed by atoms with E-state index < -0.39 is 5.97 Å². The number of carbonyl (C=O) groups excluding carboxylic acids is 2. The number of aliphatic carboxylic acids is 1. The lowest BCUT2D eigenvalue weighted by Gasteiger charge is -2.06. The molecule has 132 valence electrons. The molecule has 2 aromatic rings. The van der Waals surface area contributed by atoms with Crippen molar-refractivity contribution < 1.29 is 23.9 Å². The molecule has 2 rings (SSSR count). The fourth-order valence-corrected chi connectivity index (χ4v) is 2.27. The van der Waals surface area contributed by atoms with Gasteiger partial charge in [0.25, 0.3) is 11.8 Å². The molecule has 7 heteroatoms. The Kier molecular flexibility index (Phi) is 5.94. The number of anilines is 1. The van der Waals surface area contributed by atoms with E-state index >= 15 is 0 Å². The van der Waals surface area contributed by atoms with Crippen LogP contribution in [0.1, 0.15) is 45.6 Å².